The van der Waals surface area contributed by atoms with E-state index in [2.05, 4.69) is 15.0 Å². The van der Waals surface area contributed by atoms with E-state index in [1.807, 2.05) is 13.8 Å². The van der Waals surface area contributed by atoms with Gasteiger partial charge in [-0.15, -0.1) is 0 Å². The summed E-state index contributed by atoms with van der Waals surface area (Å²) in [5, 5.41) is 0. The molecule has 0 atom stereocenters. The molecule has 6 nitrogen and oxygen atoms in total. The van der Waals surface area contributed by atoms with Gasteiger partial charge in [-0.2, -0.15) is 0 Å². The van der Waals surface area contributed by atoms with Crippen molar-refractivity contribution < 1.29 is 18.3 Å². The zero-order valence-corrected chi connectivity index (χ0v) is 20.7. The molecule has 1 aliphatic carbocycles. The average Bonchev–Trinajstić information content (AvgIpc) is 2.76. The number of hydrogen-bond acceptors (Lipinski definition) is 5. The van der Waals surface area contributed by atoms with Crippen LogP contribution in [0.15, 0.2) is 42.9 Å². The summed E-state index contributed by atoms with van der Waals surface area (Å²) >= 11 is 0. The predicted octanol–water partition coefficient (Wildman–Crippen LogP) is 6.30. The van der Waals surface area contributed by atoms with Crippen LogP contribution in [0, 0.1) is 25.5 Å². The topological polar surface area (TPSA) is 68.2 Å². The van der Waals surface area contributed by atoms with Crippen molar-refractivity contribution in [2.24, 2.45) is 0 Å². The van der Waals surface area contributed by atoms with Crippen LogP contribution in [0.5, 0.6) is 0 Å². The molecule has 0 aliphatic heterocycles. The molecule has 0 bridgehead atoms. The maximum Gasteiger partial charge on any atom is 0.417 e. The number of anilines is 1. The second kappa shape index (κ2) is 9.32. The van der Waals surface area contributed by atoms with Crippen LogP contribution in [0.3, 0.4) is 0 Å². The summed E-state index contributed by atoms with van der Waals surface area (Å²) in [4.78, 5) is 27.7. The van der Waals surface area contributed by atoms with Crippen LogP contribution >= 0.6 is 0 Å². The molecule has 1 aliphatic rings. The van der Waals surface area contributed by atoms with Crippen LogP contribution in [0.1, 0.15) is 56.9 Å². The SMILES string of the molecule is Cc1ccc(F)c(-c2cnc(N(CC3(c4ncccc4F)CCC3)C(=O)OC(C)(C)C)nc2)c1C. The van der Waals surface area contributed by atoms with Crippen LogP contribution in [0.25, 0.3) is 11.1 Å². The third-order valence-corrected chi connectivity index (χ3v) is 6.50. The zero-order valence-electron chi connectivity index (χ0n) is 20.7. The molecule has 8 heteroatoms. The highest BCUT2D eigenvalue weighted by Crippen LogP contribution is 2.45. The van der Waals surface area contributed by atoms with Gasteiger partial charge < -0.3 is 4.74 Å². The van der Waals surface area contributed by atoms with E-state index in [1.165, 1.54) is 29.4 Å². The normalized spacial score (nSPS) is 14.8. The Morgan fingerprint density at radius 2 is 1.74 bits per heavy atom. The highest BCUT2D eigenvalue weighted by molar-refractivity contribution is 5.86. The Morgan fingerprint density at radius 3 is 2.31 bits per heavy atom. The van der Waals surface area contributed by atoms with Crippen molar-refractivity contribution in [3.05, 3.63) is 71.3 Å². The Kier molecular flexibility index (Phi) is 6.58. The van der Waals surface area contributed by atoms with E-state index < -0.39 is 22.9 Å². The summed E-state index contributed by atoms with van der Waals surface area (Å²) in [7, 11) is 0. The molecule has 3 aromatic rings. The largest absolute Gasteiger partial charge is 0.443 e. The van der Waals surface area contributed by atoms with Gasteiger partial charge in [-0.1, -0.05) is 12.5 Å². The smallest absolute Gasteiger partial charge is 0.417 e. The summed E-state index contributed by atoms with van der Waals surface area (Å²) in [5.74, 6) is -0.665. The van der Waals surface area contributed by atoms with E-state index in [9.17, 15) is 13.6 Å². The first-order valence-corrected chi connectivity index (χ1v) is 11.7. The lowest BCUT2D eigenvalue weighted by Gasteiger charge is -2.44. The van der Waals surface area contributed by atoms with Crippen molar-refractivity contribution in [2.45, 2.75) is 64.9 Å². The molecular formula is C27H30F2N4O2. The summed E-state index contributed by atoms with van der Waals surface area (Å²) in [6.07, 6.45) is 6.16. The molecule has 4 rings (SSSR count). The van der Waals surface area contributed by atoms with E-state index in [-0.39, 0.29) is 18.3 Å². The molecular weight excluding hydrogens is 450 g/mol. The Balaban J connectivity index is 1.72. The summed E-state index contributed by atoms with van der Waals surface area (Å²) in [6.45, 7) is 9.19. The predicted molar refractivity (Wildman–Crippen MR) is 130 cm³/mol. The number of aryl methyl sites for hydroxylation is 1. The minimum absolute atomic E-state index is 0.108. The standard InChI is InChI=1S/C27H30F2N4O2/c1-17-9-10-20(28)22(18(17)2)19-14-31-24(32-15-19)33(25(34)35-26(3,4)5)16-27(11-7-12-27)23-21(29)8-6-13-30-23/h6,8-10,13-15H,7,11-12,16H2,1-5H3. The molecule has 0 radical (unpaired) electrons. The summed E-state index contributed by atoms with van der Waals surface area (Å²) in [6, 6.07) is 6.07. The number of carbonyl (C=O) groups is 1. The molecule has 35 heavy (non-hydrogen) atoms. The van der Waals surface area contributed by atoms with Gasteiger partial charge in [-0.05, 0) is 76.8 Å². The van der Waals surface area contributed by atoms with E-state index in [1.54, 1.807) is 39.1 Å². The number of hydrogen-bond donors (Lipinski definition) is 0. The third kappa shape index (κ3) is 5.01. The lowest BCUT2D eigenvalue weighted by molar-refractivity contribution is 0.0556. The van der Waals surface area contributed by atoms with Gasteiger partial charge in [-0.25, -0.2) is 28.4 Å². The van der Waals surface area contributed by atoms with Crippen molar-refractivity contribution in [3.63, 3.8) is 0 Å². The number of benzene rings is 1. The van der Waals surface area contributed by atoms with E-state index in [0.717, 1.165) is 17.5 Å². The molecule has 0 N–H and O–H groups in total. The van der Waals surface area contributed by atoms with Gasteiger partial charge in [-0.3, -0.25) is 4.98 Å². The van der Waals surface area contributed by atoms with Crippen LogP contribution in [0.2, 0.25) is 0 Å². The first-order chi connectivity index (χ1) is 16.5. The zero-order chi connectivity index (χ0) is 25.4. The van der Waals surface area contributed by atoms with Gasteiger partial charge in [0, 0.05) is 41.7 Å². The molecule has 1 aromatic carbocycles. The molecule has 0 unspecified atom stereocenters. The number of carbonyl (C=O) groups excluding carboxylic acids is 1. The molecule has 2 aromatic heterocycles. The van der Waals surface area contributed by atoms with Crippen LogP contribution in [-0.4, -0.2) is 33.2 Å². The monoisotopic (exact) mass is 480 g/mol. The summed E-state index contributed by atoms with van der Waals surface area (Å²) < 4.78 is 35.0. The Morgan fingerprint density at radius 1 is 1.06 bits per heavy atom. The van der Waals surface area contributed by atoms with Crippen molar-refractivity contribution in [3.8, 4) is 11.1 Å². The van der Waals surface area contributed by atoms with E-state index >= 15 is 0 Å². The van der Waals surface area contributed by atoms with Crippen molar-refractivity contribution in [2.75, 3.05) is 11.4 Å². The van der Waals surface area contributed by atoms with Crippen molar-refractivity contribution >= 4 is 12.0 Å². The maximum absolute atomic E-state index is 14.7. The highest BCUT2D eigenvalue weighted by Gasteiger charge is 2.45. The van der Waals surface area contributed by atoms with Gasteiger partial charge in [0.05, 0.1) is 5.69 Å². The Labute approximate surface area is 204 Å². The molecule has 1 amide bonds. The number of nitrogens with zero attached hydrogens (tertiary/aromatic N) is 4. The van der Waals surface area contributed by atoms with Crippen LogP contribution < -0.4 is 4.90 Å². The van der Waals surface area contributed by atoms with E-state index in [4.69, 9.17) is 4.74 Å². The first kappa shape index (κ1) is 24.7. The van der Waals surface area contributed by atoms with Gasteiger partial charge >= 0.3 is 6.09 Å². The Hall–Kier alpha value is -3.42. The first-order valence-electron chi connectivity index (χ1n) is 11.7. The van der Waals surface area contributed by atoms with Gasteiger partial charge in [0.25, 0.3) is 0 Å². The molecule has 1 saturated carbocycles. The molecule has 2 heterocycles. The third-order valence-electron chi connectivity index (χ3n) is 6.50. The van der Waals surface area contributed by atoms with Crippen LogP contribution in [0.4, 0.5) is 19.5 Å². The van der Waals surface area contributed by atoms with Crippen molar-refractivity contribution in [1.29, 1.82) is 0 Å². The summed E-state index contributed by atoms with van der Waals surface area (Å²) in [5.41, 5.74) is 1.59. The highest BCUT2D eigenvalue weighted by atomic mass is 19.1. The van der Waals surface area contributed by atoms with Gasteiger partial charge in [0.2, 0.25) is 5.95 Å². The fourth-order valence-electron chi connectivity index (χ4n) is 4.41. The van der Waals surface area contributed by atoms with Crippen molar-refractivity contribution in [1.82, 2.24) is 15.0 Å². The average molecular weight is 481 g/mol. The number of rotatable bonds is 5. The van der Waals surface area contributed by atoms with Gasteiger partial charge in [0.1, 0.15) is 17.2 Å². The lowest BCUT2D eigenvalue weighted by Crippen LogP contribution is -2.50. The maximum atomic E-state index is 14.7. The second-order valence-corrected chi connectivity index (χ2v) is 10.2. The molecule has 0 spiro atoms. The number of aromatic nitrogens is 3. The second-order valence-electron chi connectivity index (χ2n) is 10.2. The number of amides is 1. The van der Waals surface area contributed by atoms with Crippen LogP contribution in [-0.2, 0) is 10.2 Å². The van der Waals surface area contributed by atoms with E-state index in [0.29, 0.717) is 29.7 Å². The number of pyridine rings is 1. The molecule has 0 saturated heterocycles. The Bertz CT molecular complexity index is 1230. The molecule has 1 fully saturated rings. The van der Waals surface area contributed by atoms with Gasteiger partial charge in [0.15, 0.2) is 0 Å². The fraction of sp³-hybridized carbons (Fsp3) is 0.407. The minimum Gasteiger partial charge on any atom is -0.443 e. The number of halogens is 2. The fourth-order valence-corrected chi connectivity index (χ4v) is 4.41. The number of ether oxygens (including phenoxy) is 1. The molecule has 184 valence electrons. The quantitative estimate of drug-likeness (QED) is 0.429. The minimum atomic E-state index is -0.750. The lowest BCUT2D eigenvalue weighted by atomic mass is 9.66.